The topological polar surface area (TPSA) is 60.4 Å². The summed E-state index contributed by atoms with van der Waals surface area (Å²) in [6.07, 6.45) is 10.5. The van der Waals surface area contributed by atoms with Crippen molar-refractivity contribution < 1.29 is 9.53 Å². The van der Waals surface area contributed by atoms with Crippen molar-refractivity contribution in [2.45, 2.75) is 70.4 Å². The molecular formula is C22H41N5O2. The Balaban J connectivity index is 1.35. The highest BCUT2D eigenvalue weighted by Gasteiger charge is 2.30. The van der Waals surface area contributed by atoms with Crippen molar-refractivity contribution in [3.05, 3.63) is 0 Å². The van der Waals surface area contributed by atoms with Crippen molar-refractivity contribution in [1.29, 1.82) is 0 Å². The zero-order valence-corrected chi connectivity index (χ0v) is 18.6. The summed E-state index contributed by atoms with van der Waals surface area (Å²) in [5.41, 5.74) is 0. The van der Waals surface area contributed by atoms with Crippen LogP contribution in [0.1, 0.15) is 58.3 Å². The van der Waals surface area contributed by atoms with Crippen LogP contribution in [0.4, 0.5) is 0 Å². The van der Waals surface area contributed by atoms with Gasteiger partial charge < -0.3 is 19.9 Å². The van der Waals surface area contributed by atoms with Gasteiger partial charge in [0.2, 0.25) is 5.91 Å². The largest absolute Gasteiger partial charge is 0.376 e. The highest BCUT2D eigenvalue weighted by molar-refractivity contribution is 5.82. The molecule has 0 aromatic rings. The maximum Gasteiger partial charge on any atom is 0.239 e. The van der Waals surface area contributed by atoms with E-state index in [2.05, 4.69) is 27.0 Å². The zero-order valence-electron chi connectivity index (χ0n) is 18.6. The number of likely N-dealkylation sites (tertiary alicyclic amines) is 1. The van der Waals surface area contributed by atoms with Crippen LogP contribution in [-0.4, -0.2) is 98.2 Å². The Morgan fingerprint density at radius 3 is 2.24 bits per heavy atom. The molecule has 166 valence electrons. The molecule has 2 aliphatic heterocycles. The third-order valence-electron chi connectivity index (χ3n) is 6.69. The number of amides is 1. The predicted octanol–water partition coefficient (Wildman–Crippen LogP) is 1.93. The van der Waals surface area contributed by atoms with Gasteiger partial charge in [-0.2, -0.15) is 0 Å². The van der Waals surface area contributed by atoms with Crippen LogP contribution in [0.3, 0.4) is 0 Å². The van der Waals surface area contributed by atoms with Crippen molar-refractivity contribution in [1.82, 2.24) is 20.0 Å². The van der Waals surface area contributed by atoms with Crippen molar-refractivity contribution >= 4 is 11.9 Å². The molecule has 7 nitrogen and oxygen atoms in total. The average molecular weight is 408 g/mol. The Bertz CT molecular complexity index is 519. The molecule has 0 spiro atoms. The number of nitrogens with zero attached hydrogens (tertiary/aromatic N) is 4. The number of aliphatic imine (C=N–C) groups is 1. The van der Waals surface area contributed by atoms with Gasteiger partial charge in [-0.05, 0) is 32.6 Å². The Morgan fingerprint density at radius 1 is 0.966 bits per heavy atom. The third kappa shape index (κ3) is 6.57. The van der Waals surface area contributed by atoms with E-state index in [4.69, 9.17) is 4.74 Å². The highest BCUT2D eigenvalue weighted by atomic mass is 16.5. The van der Waals surface area contributed by atoms with Gasteiger partial charge in [0.1, 0.15) is 0 Å². The number of ether oxygens (including phenoxy) is 1. The lowest BCUT2D eigenvalue weighted by molar-refractivity contribution is -0.135. The van der Waals surface area contributed by atoms with E-state index in [1.807, 2.05) is 11.9 Å². The summed E-state index contributed by atoms with van der Waals surface area (Å²) in [5, 5.41) is 3.46. The first-order valence-corrected chi connectivity index (χ1v) is 11.8. The monoisotopic (exact) mass is 407 g/mol. The molecule has 1 aliphatic carbocycles. The molecule has 29 heavy (non-hydrogen) atoms. The van der Waals surface area contributed by atoms with Gasteiger partial charge >= 0.3 is 0 Å². The first-order valence-electron chi connectivity index (χ1n) is 11.8. The maximum absolute atomic E-state index is 12.7. The van der Waals surface area contributed by atoms with Crippen molar-refractivity contribution in [3.63, 3.8) is 0 Å². The Labute approximate surface area is 176 Å². The molecule has 0 aromatic carbocycles. The van der Waals surface area contributed by atoms with Gasteiger partial charge in [0.15, 0.2) is 5.96 Å². The zero-order chi connectivity index (χ0) is 20.5. The first kappa shape index (κ1) is 22.3. The van der Waals surface area contributed by atoms with Crippen LogP contribution in [0.15, 0.2) is 4.99 Å². The van der Waals surface area contributed by atoms with E-state index < -0.39 is 0 Å². The van der Waals surface area contributed by atoms with Gasteiger partial charge in [-0.15, -0.1) is 0 Å². The number of rotatable bonds is 6. The van der Waals surface area contributed by atoms with E-state index in [0.717, 1.165) is 71.2 Å². The van der Waals surface area contributed by atoms with Gasteiger partial charge in [0.05, 0.1) is 18.8 Å². The number of guanidine groups is 1. The van der Waals surface area contributed by atoms with E-state index in [-0.39, 0.29) is 6.04 Å². The quantitative estimate of drug-likeness (QED) is 0.316. The summed E-state index contributed by atoms with van der Waals surface area (Å²) in [5.74, 6) is 1.25. The van der Waals surface area contributed by atoms with Crippen LogP contribution in [0.2, 0.25) is 0 Å². The second-order valence-electron chi connectivity index (χ2n) is 8.69. The van der Waals surface area contributed by atoms with Crippen LogP contribution >= 0.6 is 0 Å². The Hall–Kier alpha value is -1.34. The number of carbonyl (C=O) groups excluding carboxylic acids is 1. The third-order valence-corrected chi connectivity index (χ3v) is 6.69. The summed E-state index contributed by atoms with van der Waals surface area (Å²) >= 11 is 0. The summed E-state index contributed by atoms with van der Waals surface area (Å²) in [6, 6.07) is -0.0156. The number of piperazine rings is 1. The van der Waals surface area contributed by atoms with Crippen LogP contribution in [-0.2, 0) is 9.53 Å². The number of nitrogens with one attached hydrogen (secondary N) is 1. The second-order valence-corrected chi connectivity index (χ2v) is 8.69. The summed E-state index contributed by atoms with van der Waals surface area (Å²) < 4.78 is 6.08. The fraction of sp³-hybridized carbons (Fsp3) is 0.909. The summed E-state index contributed by atoms with van der Waals surface area (Å²) in [4.78, 5) is 23.8. The summed E-state index contributed by atoms with van der Waals surface area (Å²) in [6.45, 7) is 9.08. The Morgan fingerprint density at radius 2 is 1.62 bits per heavy atom. The standard InChI is InChI=1S/C22H41N5O2/c1-19(21(28)26-12-7-8-13-26)25-14-16-27(17-15-25)22(23-2)24-11-18-29-20-9-5-3-4-6-10-20/h19-20H,3-18H2,1-2H3,(H,23,24). The molecule has 3 aliphatic rings. The Kier molecular flexibility index (Phi) is 9.05. The lowest BCUT2D eigenvalue weighted by atomic mass is 10.1. The number of hydrogen-bond acceptors (Lipinski definition) is 4. The van der Waals surface area contributed by atoms with Crippen molar-refractivity contribution in [2.24, 2.45) is 4.99 Å². The molecule has 0 bridgehead atoms. The molecule has 1 atom stereocenters. The van der Waals surface area contributed by atoms with E-state index in [1.54, 1.807) is 0 Å². The molecule has 2 heterocycles. The molecule has 7 heteroatoms. The highest BCUT2D eigenvalue weighted by Crippen LogP contribution is 2.19. The normalized spacial score (nSPS) is 23.9. The molecule has 1 N–H and O–H groups in total. The van der Waals surface area contributed by atoms with E-state index in [1.165, 1.54) is 38.5 Å². The van der Waals surface area contributed by atoms with Gasteiger partial charge in [-0.3, -0.25) is 14.7 Å². The number of hydrogen-bond donors (Lipinski definition) is 1. The molecular weight excluding hydrogens is 366 g/mol. The molecule has 0 radical (unpaired) electrons. The molecule has 2 saturated heterocycles. The van der Waals surface area contributed by atoms with Crippen LogP contribution in [0.25, 0.3) is 0 Å². The fourth-order valence-electron chi connectivity index (χ4n) is 4.81. The minimum atomic E-state index is -0.0156. The average Bonchev–Trinajstić information content (AvgIpc) is 3.17. The smallest absolute Gasteiger partial charge is 0.239 e. The lowest BCUT2D eigenvalue weighted by Crippen LogP contribution is -2.57. The van der Waals surface area contributed by atoms with Crippen molar-refractivity contribution in [2.75, 3.05) is 59.5 Å². The SMILES string of the molecule is CN=C(NCCOC1CCCCCC1)N1CCN(C(C)C(=O)N2CCCC2)CC1. The van der Waals surface area contributed by atoms with E-state index in [0.29, 0.717) is 12.0 Å². The predicted molar refractivity (Wildman–Crippen MR) is 117 cm³/mol. The van der Waals surface area contributed by atoms with E-state index >= 15 is 0 Å². The molecule has 3 fully saturated rings. The minimum absolute atomic E-state index is 0.0156. The molecule has 1 unspecified atom stereocenters. The lowest BCUT2D eigenvalue weighted by Gasteiger charge is -2.39. The van der Waals surface area contributed by atoms with Crippen LogP contribution < -0.4 is 5.32 Å². The van der Waals surface area contributed by atoms with Gasteiger partial charge in [-0.25, -0.2) is 0 Å². The first-order chi connectivity index (χ1) is 14.2. The molecule has 0 aromatic heterocycles. The number of carbonyl (C=O) groups is 1. The van der Waals surface area contributed by atoms with Crippen molar-refractivity contribution in [3.8, 4) is 0 Å². The fourth-order valence-corrected chi connectivity index (χ4v) is 4.81. The van der Waals surface area contributed by atoms with Gasteiger partial charge in [0.25, 0.3) is 0 Å². The van der Waals surface area contributed by atoms with Gasteiger partial charge in [-0.1, -0.05) is 25.7 Å². The molecule has 1 amide bonds. The van der Waals surface area contributed by atoms with Crippen LogP contribution in [0.5, 0.6) is 0 Å². The molecule has 1 saturated carbocycles. The van der Waals surface area contributed by atoms with Gasteiger partial charge in [0, 0.05) is 52.9 Å². The maximum atomic E-state index is 12.7. The van der Waals surface area contributed by atoms with E-state index in [9.17, 15) is 4.79 Å². The molecule has 3 rings (SSSR count). The van der Waals surface area contributed by atoms with Crippen LogP contribution in [0, 0.1) is 0 Å². The minimum Gasteiger partial charge on any atom is -0.376 e. The summed E-state index contributed by atoms with van der Waals surface area (Å²) in [7, 11) is 1.85. The second kappa shape index (κ2) is 11.7.